The molecule has 0 saturated heterocycles. The molecule has 0 radical (unpaired) electrons. The fourth-order valence-corrected chi connectivity index (χ4v) is 2.03. The van der Waals surface area contributed by atoms with Crippen molar-refractivity contribution in [3.05, 3.63) is 28.7 Å². The Morgan fingerprint density at radius 2 is 2.20 bits per heavy atom. The third-order valence-electron chi connectivity index (χ3n) is 1.65. The second-order valence-corrected chi connectivity index (χ2v) is 4.61. The monoisotopic (exact) mass is 226 g/mol. The summed E-state index contributed by atoms with van der Waals surface area (Å²) in [7, 11) is -3.65. The van der Waals surface area contributed by atoms with Gasteiger partial charge in [-0.05, 0) is 13.0 Å². The molecule has 5 nitrogen and oxygen atoms in total. The third-order valence-corrected chi connectivity index (χ3v) is 3.19. The van der Waals surface area contributed by atoms with Crippen molar-refractivity contribution in [1.29, 1.82) is 0 Å². The molecule has 0 aliphatic rings. The van der Waals surface area contributed by atoms with Crippen molar-refractivity contribution in [1.82, 2.24) is 9.71 Å². The lowest BCUT2D eigenvalue weighted by molar-refractivity contribution is 0.577. The van der Waals surface area contributed by atoms with Gasteiger partial charge in [0.15, 0.2) is 0 Å². The van der Waals surface area contributed by atoms with Crippen molar-refractivity contribution in [2.24, 2.45) is 0 Å². The number of terminal acetylenes is 1. The summed E-state index contributed by atoms with van der Waals surface area (Å²) in [6, 6.07) is 1.75. The summed E-state index contributed by atoms with van der Waals surface area (Å²) in [5.74, 6) is 2.24. The lowest BCUT2D eigenvalue weighted by atomic mass is 10.4. The second kappa shape index (κ2) is 4.29. The minimum absolute atomic E-state index is 0.0239. The van der Waals surface area contributed by atoms with E-state index in [9.17, 15) is 13.2 Å². The maximum Gasteiger partial charge on any atom is 0.247 e. The molecule has 1 rings (SSSR count). The Bertz CT molecular complexity index is 519. The summed E-state index contributed by atoms with van der Waals surface area (Å²) in [5.41, 5.74) is -0.362. The predicted octanol–water partition coefficient (Wildman–Crippen LogP) is -0.325. The molecule has 15 heavy (non-hydrogen) atoms. The van der Waals surface area contributed by atoms with Crippen LogP contribution >= 0.6 is 0 Å². The Labute approximate surface area is 87.6 Å². The van der Waals surface area contributed by atoms with Gasteiger partial charge in [0.1, 0.15) is 0 Å². The topological polar surface area (TPSA) is 79.0 Å². The van der Waals surface area contributed by atoms with E-state index in [1.807, 2.05) is 0 Å². The van der Waals surface area contributed by atoms with E-state index in [-0.39, 0.29) is 10.5 Å². The van der Waals surface area contributed by atoms with Crippen molar-refractivity contribution in [3.8, 4) is 12.3 Å². The molecule has 0 bridgehead atoms. The first-order valence-electron chi connectivity index (χ1n) is 4.13. The average Bonchev–Trinajstić information content (AvgIpc) is 2.17. The Morgan fingerprint density at radius 1 is 1.53 bits per heavy atom. The van der Waals surface area contributed by atoms with Crippen LogP contribution in [0.3, 0.4) is 0 Å². The molecule has 1 unspecified atom stereocenters. The highest BCUT2D eigenvalue weighted by Crippen LogP contribution is 2.04. The molecule has 0 spiro atoms. The third kappa shape index (κ3) is 2.94. The van der Waals surface area contributed by atoms with Crippen LogP contribution in [0.1, 0.15) is 6.92 Å². The van der Waals surface area contributed by atoms with Gasteiger partial charge < -0.3 is 4.98 Å². The van der Waals surface area contributed by atoms with Crippen LogP contribution in [0, 0.1) is 12.3 Å². The summed E-state index contributed by atoms with van der Waals surface area (Å²) in [6.07, 6.45) is 6.17. The largest absolute Gasteiger partial charge is 0.328 e. The minimum atomic E-state index is -3.65. The van der Waals surface area contributed by atoms with Crippen LogP contribution in [-0.2, 0) is 10.0 Å². The first-order valence-corrected chi connectivity index (χ1v) is 5.61. The number of pyridine rings is 1. The maximum atomic E-state index is 11.6. The zero-order chi connectivity index (χ0) is 11.5. The van der Waals surface area contributed by atoms with Crippen molar-refractivity contribution >= 4 is 10.0 Å². The van der Waals surface area contributed by atoms with E-state index in [1.165, 1.54) is 6.07 Å². The number of sulfonamides is 1. The summed E-state index contributed by atoms with van der Waals surface area (Å²) >= 11 is 0. The van der Waals surface area contributed by atoms with E-state index in [0.29, 0.717) is 0 Å². The first kappa shape index (κ1) is 11.5. The Hall–Kier alpha value is -1.58. The summed E-state index contributed by atoms with van der Waals surface area (Å²) < 4.78 is 25.4. The van der Waals surface area contributed by atoms with E-state index < -0.39 is 16.1 Å². The molecular formula is C9H10N2O3S. The molecule has 0 aliphatic heterocycles. The fourth-order valence-electron chi connectivity index (χ4n) is 0.898. The van der Waals surface area contributed by atoms with Gasteiger partial charge in [0, 0.05) is 12.3 Å². The molecule has 1 aromatic heterocycles. The van der Waals surface area contributed by atoms with Crippen LogP contribution < -0.4 is 10.3 Å². The van der Waals surface area contributed by atoms with E-state index in [1.54, 1.807) is 6.92 Å². The SMILES string of the molecule is C#CC(C)NS(=O)(=O)c1ccc(=O)[nH]c1. The normalized spacial score (nSPS) is 13.1. The van der Waals surface area contributed by atoms with Gasteiger partial charge in [-0.2, -0.15) is 4.72 Å². The Balaban J connectivity index is 3.03. The molecule has 0 aromatic carbocycles. The highest BCUT2D eigenvalue weighted by atomic mass is 32.2. The van der Waals surface area contributed by atoms with Crippen molar-refractivity contribution in [2.45, 2.75) is 17.9 Å². The number of hydrogen-bond donors (Lipinski definition) is 2. The molecule has 1 atom stereocenters. The van der Waals surface area contributed by atoms with Gasteiger partial charge in [-0.25, -0.2) is 8.42 Å². The van der Waals surface area contributed by atoms with Gasteiger partial charge in [-0.15, -0.1) is 6.42 Å². The van der Waals surface area contributed by atoms with Crippen LogP contribution in [0.5, 0.6) is 0 Å². The van der Waals surface area contributed by atoms with Gasteiger partial charge in [-0.3, -0.25) is 4.79 Å². The highest BCUT2D eigenvalue weighted by Gasteiger charge is 2.15. The molecule has 0 fully saturated rings. The molecule has 80 valence electrons. The van der Waals surface area contributed by atoms with Gasteiger partial charge >= 0.3 is 0 Å². The average molecular weight is 226 g/mol. The quantitative estimate of drug-likeness (QED) is 0.693. The van der Waals surface area contributed by atoms with E-state index in [0.717, 1.165) is 12.3 Å². The molecule has 2 N–H and O–H groups in total. The number of aromatic amines is 1. The number of hydrogen-bond acceptors (Lipinski definition) is 3. The van der Waals surface area contributed by atoms with E-state index in [4.69, 9.17) is 6.42 Å². The van der Waals surface area contributed by atoms with Crippen LogP contribution in [0.15, 0.2) is 28.0 Å². The standard InChI is InChI=1S/C9H10N2O3S/c1-3-7(2)11-15(13,14)8-4-5-9(12)10-6-8/h1,4-7,11H,2H3,(H,10,12). The Morgan fingerprint density at radius 3 is 2.67 bits per heavy atom. The number of aromatic nitrogens is 1. The number of nitrogens with one attached hydrogen (secondary N) is 2. The number of rotatable bonds is 3. The van der Waals surface area contributed by atoms with Gasteiger partial charge in [-0.1, -0.05) is 5.92 Å². The molecular weight excluding hydrogens is 216 g/mol. The maximum absolute atomic E-state index is 11.6. The zero-order valence-electron chi connectivity index (χ0n) is 8.02. The molecule has 1 heterocycles. The lowest BCUT2D eigenvalue weighted by Crippen LogP contribution is -2.31. The van der Waals surface area contributed by atoms with Gasteiger partial charge in [0.2, 0.25) is 15.6 Å². The van der Waals surface area contributed by atoms with E-state index in [2.05, 4.69) is 15.6 Å². The molecule has 6 heteroatoms. The summed E-state index contributed by atoms with van der Waals surface area (Å²) in [6.45, 7) is 1.54. The Kier molecular flexibility index (Phi) is 3.29. The van der Waals surface area contributed by atoms with Crippen LogP contribution in [0.25, 0.3) is 0 Å². The van der Waals surface area contributed by atoms with Crippen molar-refractivity contribution in [2.75, 3.05) is 0 Å². The molecule has 0 aliphatic carbocycles. The smallest absolute Gasteiger partial charge is 0.247 e. The highest BCUT2D eigenvalue weighted by molar-refractivity contribution is 7.89. The van der Waals surface area contributed by atoms with Crippen LogP contribution in [0.2, 0.25) is 0 Å². The minimum Gasteiger partial charge on any atom is -0.328 e. The van der Waals surface area contributed by atoms with E-state index >= 15 is 0 Å². The van der Waals surface area contributed by atoms with Crippen LogP contribution in [0.4, 0.5) is 0 Å². The predicted molar refractivity (Wildman–Crippen MR) is 55.7 cm³/mol. The zero-order valence-corrected chi connectivity index (χ0v) is 8.84. The lowest BCUT2D eigenvalue weighted by Gasteiger charge is -2.07. The number of H-pyrrole nitrogens is 1. The fraction of sp³-hybridized carbons (Fsp3) is 0.222. The van der Waals surface area contributed by atoms with Gasteiger partial charge in [0.25, 0.3) is 0 Å². The molecule has 0 amide bonds. The van der Waals surface area contributed by atoms with Crippen molar-refractivity contribution in [3.63, 3.8) is 0 Å². The molecule has 1 aromatic rings. The summed E-state index contributed by atoms with van der Waals surface area (Å²) in [5, 5.41) is 0. The van der Waals surface area contributed by atoms with Gasteiger partial charge in [0.05, 0.1) is 10.9 Å². The first-order chi connectivity index (χ1) is 6.95. The molecule has 0 saturated carbocycles. The second-order valence-electron chi connectivity index (χ2n) is 2.90. The summed E-state index contributed by atoms with van der Waals surface area (Å²) in [4.78, 5) is 13.0. The van der Waals surface area contributed by atoms with Crippen LogP contribution in [-0.4, -0.2) is 19.4 Å². The van der Waals surface area contributed by atoms with Crippen molar-refractivity contribution < 1.29 is 8.42 Å².